The fourth-order valence-corrected chi connectivity index (χ4v) is 1.97. The van der Waals surface area contributed by atoms with Gasteiger partial charge in [-0.15, -0.1) is 0 Å². The Bertz CT molecular complexity index is 644. The van der Waals surface area contributed by atoms with Gasteiger partial charge in [0.25, 0.3) is 5.91 Å². The van der Waals surface area contributed by atoms with Crippen molar-refractivity contribution >= 4 is 11.6 Å². The number of rotatable bonds is 6. The highest BCUT2D eigenvalue weighted by Gasteiger charge is 2.09. The molecule has 4 nitrogen and oxygen atoms in total. The van der Waals surface area contributed by atoms with Crippen molar-refractivity contribution < 1.29 is 13.9 Å². The van der Waals surface area contributed by atoms with Crippen molar-refractivity contribution in [1.29, 1.82) is 0 Å². The summed E-state index contributed by atoms with van der Waals surface area (Å²) >= 11 is 0. The van der Waals surface area contributed by atoms with E-state index in [4.69, 9.17) is 10.5 Å². The van der Waals surface area contributed by atoms with E-state index in [2.05, 4.69) is 5.32 Å². The monoisotopic (exact) mass is 288 g/mol. The second-order valence-corrected chi connectivity index (χ2v) is 4.45. The summed E-state index contributed by atoms with van der Waals surface area (Å²) in [6.07, 6.45) is 0. The van der Waals surface area contributed by atoms with E-state index in [1.807, 2.05) is 31.2 Å². The highest BCUT2D eigenvalue weighted by atomic mass is 19.1. The van der Waals surface area contributed by atoms with E-state index in [0.29, 0.717) is 18.8 Å². The van der Waals surface area contributed by atoms with Crippen LogP contribution in [0.3, 0.4) is 0 Å². The van der Waals surface area contributed by atoms with Crippen molar-refractivity contribution in [1.82, 2.24) is 0 Å². The topological polar surface area (TPSA) is 64.3 Å². The zero-order chi connectivity index (χ0) is 15.2. The summed E-state index contributed by atoms with van der Waals surface area (Å²) < 4.78 is 18.9. The standard InChI is InChI=1S/C16H17FN2O2/c1-2-21-15-6-4-3-5-11(15)10-19-12-7-8-14(17)13(9-12)16(18)20/h3-9,19H,2,10H2,1H3,(H2,18,20). The molecule has 2 rings (SSSR count). The van der Waals surface area contributed by atoms with E-state index in [9.17, 15) is 9.18 Å². The lowest BCUT2D eigenvalue weighted by Gasteiger charge is -2.12. The van der Waals surface area contributed by atoms with Crippen LogP contribution in [0.5, 0.6) is 5.75 Å². The number of benzene rings is 2. The van der Waals surface area contributed by atoms with Crippen LogP contribution in [-0.2, 0) is 6.54 Å². The average Bonchev–Trinajstić information content (AvgIpc) is 2.47. The van der Waals surface area contributed by atoms with E-state index in [1.165, 1.54) is 12.1 Å². The highest BCUT2D eigenvalue weighted by molar-refractivity contribution is 5.94. The summed E-state index contributed by atoms with van der Waals surface area (Å²) in [4.78, 5) is 11.1. The molecule has 0 saturated carbocycles. The lowest BCUT2D eigenvalue weighted by molar-refractivity contribution is 0.0996. The maximum atomic E-state index is 13.4. The van der Waals surface area contributed by atoms with Crippen molar-refractivity contribution in [3.63, 3.8) is 0 Å². The minimum Gasteiger partial charge on any atom is -0.494 e. The van der Waals surface area contributed by atoms with Gasteiger partial charge in [-0.3, -0.25) is 4.79 Å². The van der Waals surface area contributed by atoms with Crippen LogP contribution < -0.4 is 15.8 Å². The maximum absolute atomic E-state index is 13.4. The first-order valence-corrected chi connectivity index (χ1v) is 6.65. The Morgan fingerprint density at radius 2 is 2.05 bits per heavy atom. The molecule has 0 atom stereocenters. The molecule has 0 spiro atoms. The molecule has 2 aromatic carbocycles. The number of carbonyl (C=O) groups excluding carboxylic acids is 1. The van der Waals surface area contributed by atoms with Gasteiger partial charge < -0.3 is 15.8 Å². The third kappa shape index (κ3) is 3.72. The summed E-state index contributed by atoms with van der Waals surface area (Å²) in [7, 11) is 0. The van der Waals surface area contributed by atoms with Gasteiger partial charge in [0.15, 0.2) is 0 Å². The van der Waals surface area contributed by atoms with Crippen molar-refractivity contribution in [2.75, 3.05) is 11.9 Å². The third-order valence-electron chi connectivity index (χ3n) is 2.99. The molecule has 0 saturated heterocycles. The predicted molar refractivity (Wildman–Crippen MR) is 79.9 cm³/mol. The molecule has 0 unspecified atom stereocenters. The second kappa shape index (κ2) is 6.74. The summed E-state index contributed by atoms with van der Waals surface area (Å²) in [5, 5.41) is 3.13. The van der Waals surface area contributed by atoms with Gasteiger partial charge in [-0.2, -0.15) is 0 Å². The van der Waals surface area contributed by atoms with E-state index >= 15 is 0 Å². The van der Waals surface area contributed by atoms with Gasteiger partial charge in [0.05, 0.1) is 12.2 Å². The number of primary amides is 1. The molecule has 21 heavy (non-hydrogen) atoms. The zero-order valence-corrected chi connectivity index (χ0v) is 11.7. The Morgan fingerprint density at radius 3 is 2.76 bits per heavy atom. The average molecular weight is 288 g/mol. The van der Waals surface area contributed by atoms with Gasteiger partial charge in [0.2, 0.25) is 0 Å². The SMILES string of the molecule is CCOc1ccccc1CNc1ccc(F)c(C(N)=O)c1. The molecule has 0 aliphatic carbocycles. The van der Waals surface area contributed by atoms with Crippen LogP contribution >= 0.6 is 0 Å². The molecule has 110 valence electrons. The molecule has 0 fully saturated rings. The van der Waals surface area contributed by atoms with Crippen molar-refractivity contribution in [2.45, 2.75) is 13.5 Å². The molecule has 1 amide bonds. The number of hydrogen-bond acceptors (Lipinski definition) is 3. The van der Waals surface area contributed by atoms with E-state index in [1.54, 1.807) is 6.07 Å². The molecule has 2 aromatic rings. The van der Waals surface area contributed by atoms with Crippen LogP contribution in [0.25, 0.3) is 0 Å². The number of anilines is 1. The van der Waals surface area contributed by atoms with Gasteiger partial charge in [-0.25, -0.2) is 4.39 Å². The Balaban J connectivity index is 2.13. The zero-order valence-electron chi connectivity index (χ0n) is 11.7. The lowest BCUT2D eigenvalue weighted by atomic mass is 10.1. The molecule has 0 aliphatic rings. The second-order valence-electron chi connectivity index (χ2n) is 4.45. The number of halogens is 1. The first-order chi connectivity index (χ1) is 10.1. The highest BCUT2D eigenvalue weighted by Crippen LogP contribution is 2.20. The van der Waals surface area contributed by atoms with Gasteiger partial charge in [-0.1, -0.05) is 18.2 Å². The Hall–Kier alpha value is -2.56. The van der Waals surface area contributed by atoms with Crippen molar-refractivity contribution in [3.05, 3.63) is 59.4 Å². The molecular formula is C16H17FN2O2. The third-order valence-corrected chi connectivity index (χ3v) is 2.99. The van der Waals surface area contributed by atoms with Gasteiger partial charge >= 0.3 is 0 Å². The first-order valence-electron chi connectivity index (χ1n) is 6.65. The molecule has 0 aliphatic heterocycles. The Labute approximate surface area is 122 Å². The van der Waals surface area contributed by atoms with E-state index in [0.717, 1.165) is 11.3 Å². The van der Waals surface area contributed by atoms with Gasteiger partial charge in [0.1, 0.15) is 11.6 Å². The lowest BCUT2D eigenvalue weighted by Crippen LogP contribution is -2.13. The van der Waals surface area contributed by atoms with E-state index < -0.39 is 11.7 Å². The fraction of sp³-hybridized carbons (Fsp3) is 0.188. The van der Waals surface area contributed by atoms with Crippen LogP contribution in [0.4, 0.5) is 10.1 Å². The van der Waals surface area contributed by atoms with Crippen LogP contribution in [0.15, 0.2) is 42.5 Å². The van der Waals surface area contributed by atoms with Crippen LogP contribution in [0.2, 0.25) is 0 Å². The molecule has 0 radical (unpaired) electrons. The van der Waals surface area contributed by atoms with Crippen LogP contribution in [-0.4, -0.2) is 12.5 Å². The molecule has 0 heterocycles. The largest absolute Gasteiger partial charge is 0.494 e. The van der Waals surface area contributed by atoms with E-state index in [-0.39, 0.29) is 5.56 Å². The molecule has 0 bridgehead atoms. The van der Waals surface area contributed by atoms with Crippen molar-refractivity contribution in [2.24, 2.45) is 5.73 Å². The number of nitrogens with one attached hydrogen (secondary N) is 1. The van der Waals surface area contributed by atoms with Gasteiger partial charge in [-0.05, 0) is 31.2 Å². The quantitative estimate of drug-likeness (QED) is 0.859. The Kier molecular flexibility index (Phi) is 4.77. The van der Waals surface area contributed by atoms with Crippen LogP contribution in [0, 0.1) is 5.82 Å². The van der Waals surface area contributed by atoms with Crippen LogP contribution in [0.1, 0.15) is 22.8 Å². The minimum atomic E-state index is -0.786. The molecule has 0 aromatic heterocycles. The summed E-state index contributed by atoms with van der Waals surface area (Å²) in [6, 6.07) is 11.8. The smallest absolute Gasteiger partial charge is 0.251 e. The minimum absolute atomic E-state index is 0.127. The van der Waals surface area contributed by atoms with Gasteiger partial charge in [0, 0.05) is 17.8 Å². The summed E-state index contributed by atoms with van der Waals surface area (Å²) in [6.45, 7) is 3.00. The molecule has 3 N–H and O–H groups in total. The number of amides is 1. The number of hydrogen-bond donors (Lipinski definition) is 2. The molecular weight excluding hydrogens is 271 g/mol. The number of carbonyl (C=O) groups is 1. The summed E-state index contributed by atoms with van der Waals surface area (Å²) in [5.41, 5.74) is 6.60. The maximum Gasteiger partial charge on any atom is 0.251 e. The fourth-order valence-electron chi connectivity index (χ4n) is 1.97. The summed E-state index contributed by atoms with van der Waals surface area (Å²) in [5.74, 6) is -0.613. The number of para-hydroxylation sites is 1. The van der Waals surface area contributed by atoms with Crippen molar-refractivity contribution in [3.8, 4) is 5.75 Å². The normalized spacial score (nSPS) is 10.2. The molecule has 5 heteroatoms. The predicted octanol–water partition coefficient (Wildman–Crippen LogP) is 2.94. The Morgan fingerprint density at radius 1 is 1.29 bits per heavy atom. The number of ether oxygens (including phenoxy) is 1. The number of nitrogens with two attached hydrogens (primary N) is 1. The first kappa shape index (κ1) is 14.8.